The molecule has 0 radical (unpaired) electrons. The molecule has 1 aromatic heterocycles. The summed E-state index contributed by atoms with van der Waals surface area (Å²) in [5.41, 5.74) is 6.09. The normalized spacial score (nSPS) is 10.7. The second-order valence-electron chi connectivity index (χ2n) is 8.92. The summed E-state index contributed by atoms with van der Waals surface area (Å²) in [4.78, 5) is 0. The Kier molecular flexibility index (Phi) is 8.63. The van der Waals surface area contributed by atoms with Crippen molar-refractivity contribution < 1.29 is 28.4 Å². The summed E-state index contributed by atoms with van der Waals surface area (Å²) in [5.74, 6) is 4.23. The lowest BCUT2D eigenvalue weighted by molar-refractivity contribution is 0.287. The Labute approximate surface area is 223 Å². The van der Waals surface area contributed by atoms with Crippen molar-refractivity contribution in [2.45, 2.75) is 33.5 Å². The fraction of sp³-hybridized carbons (Fsp3) is 0.300. The number of nitrogens with one attached hydrogen (secondary N) is 1. The van der Waals surface area contributed by atoms with Gasteiger partial charge in [-0.25, -0.2) is 0 Å². The maximum atomic E-state index is 6.22. The summed E-state index contributed by atoms with van der Waals surface area (Å²) in [5, 5.41) is 7.40. The molecule has 0 spiro atoms. The van der Waals surface area contributed by atoms with E-state index in [4.69, 9.17) is 28.4 Å². The summed E-state index contributed by atoms with van der Waals surface area (Å²) in [6.45, 7) is 4.71. The van der Waals surface area contributed by atoms with Crippen LogP contribution < -0.4 is 28.4 Å². The van der Waals surface area contributed by atoms with Gasteiger partial charge in [-0.15, -0.1) is 0 Å². The third-order valence-corrected chi connectivity index (χ3v) is 6.23. The first-order valence-electron chi connectivity index (χ1n) is 12.2. The molecule has 0 saturated carbocycles. The van der Waals surface area contributed by atoms with Crippen molar-refractivity contribution in [3.63, 3.8) is 0 Å². The van der Waals surface area contributed by atoms with Gasteiger partial charge < -0.3 is 28.4 Å². The molecule has 8 heteroatoms. The van der Waals surface area contributed by atoms with Crippen molar-refractivity contribution >= 4 is 0 Å². The molecule has 38 heavy (non-hydrogen) atoms. The highest BCUT2D eigenvalue weighted by Crippen LogP contribution is 2.30. The van der Waals surface area contributed by atoms with E-state index in [1.54, 1.807) is 28.4 Å². The van der Waals surface area contributed by atoms with Gasteiger partial charge in [0.1, 0.15) is 47.7 Å². The third kappa shape index (κ3) is 6.70. The van der Waals surface area contributed by atoms with Crippen LogP contribution in [0, 0.1) is 13.8 Å². The maximum absolute atomic E-state index is 6.22. The number of aromatic amines is 1. The van der Waals surface area contributed by atoms with Gasteiger partial charge in [-0.05, 0) is 66.9 Å². The number of H-pyrrole nitrogens is 1. The van der Waals surface area contributed by atoms with Gasteiger partial charge in [-0.1, -0.05) is 0 Å². The van der Waals surface area contributed by atoms with Crippen LogP contribution >= 0.6 is 0 Å². The lowest BCUT2D eigenvalue weighted by atomic mass is 10.0. The zero-order valence-electron chi connectivity index (χ0n) is 22.7. The number of aryl methyl sites for hydroxylation is 2. The number of methoxy groups -OCH3 is 4. The zero-order valence-corrected chi connectivity index (χ0v) is 22.7. The topological polar surface area (TPSA) is 84.1 Å². The molecule has 0 aliphatic carbocycles. The summed E-state index contributed by atoms with van der Waals surface area (Å²) in [6, 6.07) is 17.3. The lowest BCUT2D eigenvalue weighted by Crippen LogP contribution is -2.01. The van der Waals surface area contributed by atoms with Crippen molar-refractivity contribution in [3.8, 4) is 34.5 Å². The van der Waals surface area contributed by atoms with Crippen molar-refractivity contribution in [1.82, 2.24) is 10.2 Å². The number of benzene rings is 3. The van der Waals surface area contributed by atoms with E-state index >= 15 is 0 Å². The SMILES string of the molecule is COc1cc(COc2cc(Cc3c(C)n[nH]c3C)cc(OCc3cc(OC)cc(OC)c3)c2)cc(OC)c1. The molecule has 4 rings (SSSR count). The molecule has 4 aromatic rings. The van der Waals surface area contributed by atoms with Gasteiger partial charge >= 0.3 is 0 Å². The molecule has 0 atom stereocenters. The molecule has 200 valence electrons. The monoisotopic (exact) mass is 518 g/mol. The average molecular weight is 519 g/mol. The van der Waals surface area contributed by atoms with Crippen LogP contribution in [0.4, 0.5) is 0 Å². The molecule has 1 heterocycles. The van der Waals surface area contributed by atoms with E-state index in [0.717, 1.165) is 33.6 Å². The number of rotatable bonds is 12. The van der Waals surface area contributed by atoms with Crippen LogP contribution in [-0.2, 0) is 19.6 Å². The number of hydrogen-bond donors (Lipinski definition) is 1. The van der Waals surface area contributed by atoms with E-state index in [2.05, 4.69) is 10.2 Å². The molecule has 8 nitrogen and oxygen atoms in total. The molecule has 0 aliphatic rings. The number of ether oxygens (including phenoxy) is 6. The van der Waals surface area contributed by atoms with Gasteiger partial charge in [-0.2, -0.15) is 5.10 Å². The van der Waals surface area contributed by atoms with Crippen molar-refractivity contribution in [2.24, 2.45) is 0 Å². The Balaban J connectivity index is 1.59. The second kappa shape index (κ2) is 12.3. The number of hydrogen-bond acceptors (Lipinski definition) is 7. The van der Waals surface area contributed by atoms with E-state index in [1.807, 2.05) is 68.4 Å². The van der Waals surface area contributed by atoms with Gasteiger partial charge in [0.25, 0.3) is 0 Å². The van der Waals surface area contributed by atoms with Crippen molar-refractivity contribution in [3.05, 3.63) is 88.2 Å². The van der Waals surface area contributed by atoms with Gasteiger partial charge in [0.15, 0.2) is 0 Å². The molecule has 0 unspecified atom stereocenters. The van der Waals surface area contributed by atoms with Crippen molar-refractivity contribution in [1.29, 1.82) is 0 Å². The summed E-state index contributed by atoms with van der Waals surface area (Å²) < 4.78 is 34.0. The minimum Gasteiger partial charge on any atom is -0.497 e. The quantitative estimate of drug-likeness (QED) is 0.253. The highest BCUT2D eigenvalue weighted by molar-refractivity contribution is 5.43. The first-order chi connectivity index (χ1) is 18.4. The van der Waals surface area contributed by atoms with E-state index in [0.29, 0.717) is 54.1 Å². The van der Waals surface area contributed by atoms with E-state index in [-0.39, 0.29) is 0 Å². The molecular formula is C30H34N2O6. The van der Waals surface area contributed by atoms with Crippen molar-refractivity contribution in [2.75, 3.05) is 28.4 Å². The first kappa shape index (κ1) is 26.7. The van der Waals surface area contributed by atoms with Crippen LogP contribution in [0.1, 0.15) is 33.6 Å². The summed E-state index contributed by atoms with van der Waals surface area (Å²) in [7, 11) is 6.52. The molecule has 0 saturated heterocycles. The fourth-order valence-corrected chi connectivity index (χ4v) is 4.17. The predicted octanol–water partition coefficient (Wildman–Crippen LogP) is 5.81. The molecule has 1 N–H and O–H groups in total. The molecule has 3 aromatic carbocycles. The summed E-state index contributed by atoms with van der Waals surface area (Å²) >= 11 is 0. The largest absolute Gasteiger partial charge is 0.497 e. The maximum Gasteiger partial charge on any atom is 0.123 e. The molecule has 0 bridgehead atoms. The lowest BCUT2D eigenvalue weighted by Gasteiger charge is -2.14. The van der Waals surface area contributed by atoms with E-state index in [9.17, 15) is 0 Å². The summed E-state index contributed by atoms with van der Waals surface area (Å²) in [6.07, 6.45) is 0.696. The third-order valence-electron chi connectivity index (χ3n) is 6.23. The Morgan fingerprint density at radius 3 is 1.32 bits per heavy atom. The smallest absolute Gasteiger partial charge is 0.123 e. The highest BCUT2D eigenvalue weighted by atomic mass is 16.5. The van der Waals surface area contributed by atoms with Gasteiger partial charge in [0, 0.05) is 35.9 Å². The van der Waals surface area contributed by atoms with Crippen LogP contribution in [0.2, 0.25) is 0 Å². The van der Waals surface area contributed by atoms with Gasteiger partial charge in [0.05, 0.1) is 34.1 Å². The number of aromatic nitrogens is 2. The number of nitrogens with zero attached hydrogens (tertiary/aromatic N) is 1. The Bertz CT molecular complexity index is 1240. The van der Waals surface area contributed by atoms with Crippen LogP contribution in [0.5, 0.6) is 34.5 Å². The minimum atomic E-state index is 0.341. The van der Waals surface area contributed by atoms with Crippen LogP contribution in [0.3, 0.4) is 0 Å². The van der Waals surface area contributed by atoms with Gasteiger partial charge in [-0.3, -0.25) is 5.10 Å². The average Bonchev–Trinajstić information content (AvgIpc) is 3.26. The van der Waals surface area contributed by atoms with Crippen LogP contribution in [0.15, 0.2) is 54.6 Å². The zero-order chi connectivity index (χ0) is 27.1. The molecule has 0 fully saturated rings. The first-order valence-corrected chi connectivity index (χ1v) is 12.2. The molecule has 0 amide bonds. The van der Waals surface area contributed by atoms with Crippen LogP contribution in [0.25, 0.3) is 0 Å². The highest BCUT2D eigenvalue weighted by Gasteiger charge is 2.12. The molecular weight excluding hydrogens is 484 g/mol. The van der Waals surface area contributed by atoms with E-state index < -0.39 is 0 Å². The van der Waals surface area contributed by atoms with Crippen LogP contribution in [-0.4, -0.2) is 38.6 Å². The molecule has 0 aliphatic heterocycles. The Morgan fingerprint density at radius 1 is 0.553 bits per heavy atom. The van der Waals surface area contributed by atoms with E-state index in [1.165, 1.54) is 0 Å². The van der Waals surface area contributed by atoms with Gasteiger partial charge in [0.2, 0.25) is 0 Å². The standard InChI is InChI=1S/C30H34N2O6/c1-19-30(20(2)32-31-19)13-21-7-28(37-17-22-9-24(33-3)14-25(10-22)34-4)16-29(8-21)38-18-23-11-26(35-5)15-27(12-23)36-6/h7-12,14-16H,13,17-18H2,1-6H3,(H,31,32). The Morgan fingerprint density at radius 2 is 0.947 bits per heavy atom. The second-order valence-corrected chi connectivity index (χ2v) is 8.92. The predicted molar refractivity (Wildman–Crippen MR) is 145 cm³/mol. The fourth-order valence-electron chi connectivity index (χ4n) is 4.17. The minimum absolute atomic E-state index is 0.341. The Hall–Kier alpha value is -4.33.